The molecule has 4 rings (SSSR count). The van der Waals surface area contributed by atoms with Gasteiger partial charge in [-0.2, -0.15) is 5.10 Å². The first-order valence-corrected chi connectivity index (χ1v) is 10.7. The van der Waals surface area contributed by atoms with E-state index in [2.05, 4.69) is 26.1 Å². The SMILES string of the molecule is COc1ncc(C(CC(=O)O)n2nccc2CCC[C@@H]2CCc3cccnc3C2)cn1. The van der Waals surface area contributed by atoms with E-state index in [1.807, 2.05) is 18.3 Å². The summed E-state index contributed by atoms with van der Waals surface area (Å²) in [6, 6.07) is 5.96. The Kier molecular flexibility index (Phi) is 6.54. The van der Waals surface area contributed by atoms with Crippen molar-refractivity contribution in [3.8, 4) is 6.01 Å². The predicted octanol–water partition coefficient (Wildman–Crippen LogP) is 3.27. The molecular weight excluding hydrogens is 394 g/mol. The quantitative estimate of drug-likeness (QED) is 0.565. The summed E-state index contributed by atoms with van der Waals surface area (Å²) in [5, 5.41) is 13.9. The zero-order valence-electron chi connectivity index (χ0n) is 17.6. The number of aryl methyl sites for hydroxylation is 2. The van der Waals surface area contributed by atoms with Crippen molar-refractivity contribution in [2.45, 2.75) is 51.0 Å². The van der Waals surface area contributed by atoms with E-state index in [0.717, 1.165) is 37.8 Å². The van der Waals surface area contributed by atoms with Gasteiger partial charge in [-0.25, -0.2) is 9.97 Å². The molecule has 31 heavy (non-hydrogen) atoms. The maximum absolute atomic E-state index is 11.5. The molecule has 2 atom stereocenters. The number of carbonyl (C=O) groups is 1. The van der Waals surface area contributed by atoms with Gasteiger partial charge in [-0.3, -0.25) is 14.5 Å². The molecule has 162 valence electrons. The van der Waals surface area contributed by atoms with Crippen LogP contribution in [0.15, 0.2) is 43.0 Å². The van der Waals surface area contributed by atoms with E-state index in [1.165, 1.54) is 24.8 Å². The number of aromatic nitrogens is 5. The van der Waals surface area contributed by atoms with E-state index in [1.54, 1.807) is 23.3 Å². The van der Waals surface area contributed by atoms with E-state index in [4.69, 9.17) is 4.74 Å². The Labute approximate surface area is 181 Å². The standard InChI is InChI=1S/C23H27N5O3/c1-31-23-25-14-18(15-26-23)21(13-22(29)30)28-19(9-11-27-28)6-2-4-16-7-8-17-5-3-10-24-20(17)12-16/h3,5,9-11,14-16,21H,2,4,6-8,12-13H2,1H3,(H,29,30)/t16-,21?/m1/s1. The number of carboxylic acids is 1. The van der Waals surface area contributed by atoms with E-state index in [-0.39, 0.29) is 12.4 Å². The van der Waals surface area contributed by atoms with Crippen molar-refractivity contribution >= 4 is 5.97 Å². The molecule has 8 nitrogen and oxygen atoms in total. The fourth-order valence-electron chi connectivity index (χ4n) is 4.37. The third kappa shape index (κ3) is 5.07. The highest BCUT2D eigenvalue weighted by atomic mass is 16.5. The average Bonchev–Trinajstić information content (AvgIpc) is 3.25. The van der Waals surface area contributed by atoms with E-state index in [0.29, 0.717) is 11.5 Å². The molecule has 0 amide bonds. The topological polar surface area (TPSA) is 103 Å². The number of fused-ring (bicyclic) bond motifs is 1. The van der Waals surface area contributed by atoms with Gasteiger partial charge in [-0.1, -0.05) is 6.07 Å². The van der Waals surface area contributed by atoms with Gasteiger partial charge in [0.2, 0.25) is 0 Å². The van der Waals surface area contributed by atoms with E-state index in [9.17, 15) is 9.90 Å². The Morgan fingerprint density at radius 1 is 1.26 bits per heavy atom. The molecule has 0 spiro atoms. The van der Waals surface area contributed by atoms with Gasteiger partial charge in [-0.05, 0) is 62.1 Å². The first-order valence-electron chi connectivity index (χ1n) is 10.7. The lowest BCUT2D eigenvalue weighted by atomic mass is 9.84. The molecule has 0 bridgehead atoms. The van der Waals surface area contributed by atoms with Crippen molar-refractivity contribution in [3.63, 3.8) is 0 Å². The van der Waals surface area contributed by atoms with Crippen molar-refractivity contribution in [1.29, 1.82) is 0 Å². The van der Waals surface area contributed by atoms with Gasteiger partial charge < -0.3 is 9.84 Å². The number of nitrogens with zero attached hydrogens (tertiary/aromatic N) is 5. The molecule has 3 aromatic rings. The number of hydrogen-bond acceptors (Lipinski definition) is 6. The van der Waals surface area contributed by atoms with Crippen LogP contribution in [0.1, 0.15) is 54.2 Å². The summed E-state index contributed by atoms with van der Waals surface area (Å²) < 4.78 is 6.81. The van der Waals surface area contributed by atoms with Crippen LogP contribution < -0.4 is 4.74 Å². The molecule has 1 N–H and O–H groups in total. The highest BCUT2D eigenvalue weighted by Gasteiger charge is 2.23. The number of pyridine rings is 1. The molecule has 3 heterocycles. The van der Waals surface area contributed by atoms with Crippen LogP contribution in [-0.4, -0.2) is 42.9 Å². The summed E-state index contributed by atoms with van der Waals surface area (Å²) >= 11 is 0. The van der Waals surface area contributed by atoms with Crippen molar-refractivity contribution in [3.05, 3.63) is 65.5 Å². The maximum Gasteiger partial charge on any atom is 0.316 e. The largest absolute Gasteiger partial charge is 0.481 e. The Bertz CT molecular complexity index is 1020. The Hall–Kier alpha value is -3.29. The molecule has 1 aliphatic rings. The first kappa shape index (κ1) is 21.0. The molecule has 1 unspecified atom stereocenters. The van der Waals surface area contributed by atoms with Crippen LogP contribution in [0.5, 0.6) is 6.01 Å². The highest BCUT2D eigenvalue weighted by Crippen LogP contribution is 2.28. The van der Waals surface area contributed by atoms with Gasteiger partial charge in [0.25, 0.3) is 0 Å². The van der Waals surface area contributed by atoms with E-state index >= 15 is 0 Å². The van der Waals surface area contributed by atoms with Crippen LogP contribution in [-0.2, 0) is 24.1 Å². The number of aliphatic carboxylic acids is 1. The second kappa shape index (κ2) is 9.68. The van der Waals surface area contributed by atoms with Crippen LogP contribution in [0.25, 0.3) is 0 Å². The van der Waals surface area contributed by atoms with Crippen molar-refractivity contribution in [2.24, 2.45) is 5.92 Å². The highest BCUT2D eigenvalue weighted by molar-refractivity contribution is 5.68. The second-order valence-electron chi connectivity index (χ2n) is 7.99. The molecular formula is C23H27N5O3. The Balaban J connectivity index is 1.42. The monoisotopic (exact) mass is 421 g/mol. The van der Waals surface area contributed by atoms with Crippen molar-refractivity contribution in [2.75, 3.05) is 7.11 Å². The normalized spacial score (nSPS) is 16.5. The summed E-state index contributed by atoms with van der Waals surface area (Å²) in [7, 11) is 1.50. The first-order chi connectivity index (χ1) is 15.1. The number of ether oxygens (including phenoxy) is 1. The third-order valence-electron chi connectivity index (χ3n) is 5.96. The molecule has 0 fully saturated rings. The van der Waals surface area contributed by atoms with Crippen LogP contribution in [0.2, 0.25) is 0 Å². The minimum Gasteiger partial charge on any atom is -0.481 e. The molecule has 0 aromatic carbocycles. The number of hydrogen-bond donors (Lipinski definition) is 1. The van der Waals surface area contributed by atoms with Gasteiger partial charge >= 0.3 is 12.0 Å². The van der Waals surface area contributed by atoms with Crippen molar-refractivity contribution in [1.82, 2.24) is 24.7 Å². The number of methoxy groups -OCH3 is 1. The van der Waals surface area contributed by atoms with Gasteiger partial charge in [0.05, 0.1) is 19.6 Å². The molecule has 0 saturated carbocycles. The smallest absolute Gasteiger partial charge is 0.316 e. The fraction of sp³-hybridized carbons (Fsp3) is 0.435. The molecule has 8 heteroatoms. The Morgan fingerprint density at radius 3 is 2.87 bits per heavy atom. The molecule has 0 saturated heterocycles. The minimum atomic E-state index is -0.893. The van der Waals surface area contributed by atoms with Crippen molar-refractivity contribution < 1.29 is 14.6 Å². The molecule has 3 aromatic heterocycles. The molecule has 0 radical (unpaired) electrons. The zero-order chi connectivity index (χ0) is 21.6. The third-order valence-corrected chi connectivity index (χ3v) is 5.96. The summed E-state index contributed by atoms with van der Waals surface area (Å²) in [5.41, 5.74) is 4.35. The number of rotatable bonds is 9. The lowest BCUT2D eigenvalue weighted by Gasteiger charge is -2.24. The van der Waals surface area contributed by atoms with Crippen LogP contribution >= 0.6 is 0 Å². The fourth-order valence-corrected chi connectivity index (χ4v) is 4.37. The zero-order valence-corrected chi connectivity index (χ0v) is 17.6. The van der Waals surface area contributed by atoms with Crippen LogP contribution in [0.3, 0.4) is 0 Å². The summed E-state index contributed by atoms with van der Waals surface area (Å²) in [5.74, 6) is -0.251. The Morgan fingerprint density at radius 2 is 2.10 bits per heavy atom. The molecule has 0 aliphatic heterocycles. The van der Waals surface area contributed by atoms with Crippen LogP contribution in [0.4, 0.5) is 0 Å². The van der Waals surface area contributed by atoms with Crippen LogP contribution in [0, 0.1) is 5.92 Å². The van der Waals surface area contributed by atoms with Gasteiger partial charge in [0.15, 0.2) is 0 Å². The van der Waals surface area contributed by atoms with Gasteiger partial charge in [0, 0.05) is 41.7 Å². The minimum absolute atomic E-state index is 0.0878. The lowest BCUT2D eigenvalue weighted by Crippen LogP contribution is -2.19. The number of carboxylic acid groups (broad SMARTS) is 1. The predicted molar refractivity (Wildman–Crippen MR) is 114 cm³/mol. The summed E-state index contributed by atoms with van der Waals surface area (Å²) in [6.45, 7) is 0. The maximum atomic E-state index is 11.5. The average molecular weight is 422 g/mol. The lowest BCUT2D eigenvalue weighted by molar-refractivity contribution is -0.137. The van der Waals surface area contributed by atoms with E-state index < -0.39 is 12.0 Å². The summed E-state index contributed by atoms with van der Waals surface area (Å²) in [6.07, 6.45) is 13.1. The summed E-state index contributed by atoms with van der Waals surface area (Å²) in [4.78, 5) is 24.3. The van der Waals surface area contributed by atoms with Gasteiger partial charge in [0.1, 0.15) is 0 Å². The van der Waals surface area contributed by atoms with Gasteiger partial charge in [-0.15, -0.1) is 0 Å². The molecule has 1 aliphatic carbocycles. The second-order valence-corrected chi connectivity index (χ2v) is 7.99.